The van der Waals surface area contributed by atoms with E-state index in [0.29, 0.717) is 6.61 Å². The van der Waals surface area contributed by atoms with Gasteiger partial charge in [0.1, 0.15) is 6.61 Å². The molecule has 0 amide bonds. The lowest BCUT2D eigenvalue weighted by molar-refractivity contribution is 0.346. The van der Waals surface area contributed by atoms with Crippen molar-refractivity contribution < 1.29 is 4.74 Å². The Morgan fingerprint density at radius 3 is 2.94 bits per heavy atom. The molecule has 1 saturated heterocycles. The fourth-order valence-electron chi connectivity index (χ4n) is 2.77. The quantitative estimate of drug-likeness (QED) is 0.843. The Bertz CT molecular complexity index is 447. The van der Waals surface area contributed by atoms with Gasteiger partial charge in [0.25, 0.3) is 0 Å². The SMILES string of the molecule is CC1(c2ccccc2C2=NCCO2)CCCN1. The molecule has 3 nitrogen and oxygen atoms in total. The number of benzene rings is 1. The van der Waals surface area contributed by atoms with Gasteiger partial charge in [-0.15, -0.1) is 0 Å². The summed E-state index contributed by atoms with van der Waals surface area (Å²) in [5.74, 6) is 0.815. The minimum Gasteiger partial charge on any atom is -0.476 e. The number of hydrogen-bond donors (Lipinski definition) is 1. The molecule has 2 aliphatic heterocycles. The normalized spacial score (nSPS) is 27.9. The summed E-state index contributed by atoms with van der Waals surface area (Å²) in [7, 11) is 0. The molecule has 1 aromatic rings. The molecule has 0 saturated carbocycles. The van der Waals surface area contributed by atoms with Crippen LogP contribution >= 0.6 is 0 Å². The van der Waals surface area contributed by atoms with E-state index >= 15 is 0 Å². The molecule has 2 heterocycles. The van der Waals surface area contributed by atoms with E-state index in [4.69, 9.17) is 4.74 Å². The number of rotatable bonds is 2. The van der Waals surface area contributed by atoms with Gasteiger partial charge in [-0.1, -0.05) is 18.2 Å². The fraction of sp³-hybridized carbons (Fsp3) is 0.500. The Labute approximate surface area is 102 Å². The van der Waals surface area contributed by atoms with Crippen molar-refractivity contribution in [2.75, 3.05) is 19.7 Å². The second-order valence-corrected chi connectivity index (χ2v) is 4.94. The van der Waals surface area contributed by atoms with E-state index in [-0.39, 0.29) is 5.54 Å². The van der Waals surface area contributed by atoms with Crippen LogP contribution in [0.3, 0.4) is 0 Å². The predicted molar refractivity (Wildman–Crippen MR) is 68.4 cm³/mol. The van der Waals surface area contributed by atoms with Crippen molar-refractivity contribution in [2.45, 2.75) is 25.3 Å². The average molecular weight is 230 g/mol. The summed E-state index contributed by atoms with van der Waals surface area (Å²) in [6.07, 6.45) is 2.41. The van der Waals surface area contributed by atoms with Gasteiger partial charge in [-0.3, -0.25) is 0 Å². The molecule has 0 radical (unpaired) electrons. The minimum atomic E-state index is 0.0745. The Morgan fingerprint density at radius 2 is 2.24 bits per heavy atom. The van der Waals surface area contributed by atoms with Gasteiger partial charge in [0, 0.05) is 11.1 Å². The lowest BCUT2D eigenvalue weighted by atomic mass is 9.87. The molecule has 90 valence electrons. The molecular weight excluding hydrogens is 212 g/mol. The van der Waals surface area contributed by atoms with Gasteiger partial charge in [-0.2, -0.15) is 0 Å². The van der Waals surface area contributed by atoms with Crippen LogP contribution in [0.4, 0.5) is 0 Å². The lowest BCUT2D eigenvalue weighted by Crippen LogP contribution is -2.34. The molecule has 17 heavy (non-hydrogen) atoms. The number of aliphatic imine (C=N–C) groups is 1. The number of nitrogens with zero attached hydrogens (tertiary/aromatic N) is 1. The number of hydrogen-bond acceptors (Lipinski definition) is 3. The second kappa shape index (κ2) is 4.15. The smallest absolute Gasteiger partial charge is 0.216 e. The number of ether oxygens (including phenoxy) is 1. The van der Waals surface area contributed by atoms with Gasteiger partial charge in [-0.05, 0) is 37.9 Å². The van der Waals surface area contributed by atoms with Crippen LogP contribution in [-0.2, 0) is 10.3 Å². The van der Waals surface area contributed by atoms with Crippen molar-refractivity contribution in [3.63, 3.8) is 0 Å². The van der Waals surface area contributed by atoms with Crippen molar-refractivity contribution in [1.29, 1.82) is 0 Å². The zero-order chi connectivity index (χ0) is 11.7. The van der Waals surface area contributed by atoms with E-state index in [0.717, 1.165) is 24.6 Å². The molecule has 3 rings (SSSR count). The maximum Gasteiger partial charge on any atom is 0.216 e. The van der Waals surface area contributed by atoms with Crippen molar-refractivity contribution in [2.24, 2.45) is 4.99 Å². The summed E-state index contributed by atoms with van der Waals surface area (Å²) < 4.78 is 5.61. The summed E-state index contributed by atoms with van der Waals surface area (Å²) in [6, 6.07) is 8.46. The maximum absolute atomic E-state index is 5.61. The third-order valence-electron chi connectivity index (χ3n) is 3.71. The number of nitrogens with one attached hydrogen (secondary N) is 1. The molecule has 0 aliphatic carbocycles. The highest BCUT2D eigenvalue weighted by molar-refractivity contribution is 5.96. The molecular formula is C14H18N2O. The van der Waals surface area contributed by atoms with Crippen molar-refractivity contribution in [1.82, 2.24) is 5.32 Å². The van der Waals surface area contributed by atoms with E-state index in [1.165, 1.54) is 18.4 Å². The Morgan fingerprint density at radius 1 is 1.35 bits per heavy atom. The highest BCUT2D eigenvalue weighted by Gasteiger charge is 2.33. The molecule has 0 bridgehead atoms. The Hall–Kier alpha value is -1.35. The molecule has 0 spiro atoms. The van der Waals surface area contributed by atoms with Crippen LogP contribution in [0.1, 0.15) is 30.9 Å². The molecule has 0 aromatic heterocycles. The van der Waals surface area contributed by atoms with Crippen LogP contribution in [0.15, 0.2) is 29.3 Å². The monoisotopic (exact) mass is 230 g/mol. The fourth-order valence-corrected chi connectivity index (χ4v) is 2.77. The van der Waals surface area contributed by atoms with Crippen LogP contribution in [0.25, 0.3) is 0 Å². The molecule has 1 atom stereocenters. The van der Waals surface area contributed by atoms with Gasteiger partial charge >= 0.3 is 0 Å². The molecule has 3 heteroatoms. The van der Waals surface area contributed by atoms with E-state index in [1.54, 1.807) is 0 Å². The van der Waals surface area contributed by atoms with Crippen LogP contribution < -0.4 is 5.32 Å². The first-order valence-corrected chi connectivity index (χ1v) is 6.32. The summed E-state index contributed by atoms with van der Waals surface area (Å²) in [5.41, 5.74) is 2.55. The Kier molecular flexibility index (Phi) is 2.63. The highest BCUT2D eigenvalue weighted by Crippen LogP contribution is 2.33. The molecule has 1 unspecified atom stereocenters. The maximum atomic E-state index is 5.61. The molecule has 1 fully saturated rings. The third kappa shape index (κ3) is 1.84. The summed E-state index contributed by atoms with van der Waals surface area (Å²) in [6.45, 7) is 4.87. The van der Waals surface area contributed by atoms with Crippen LogP contribution in [-0.4, -0.2) is 25.6 Å². The second-order valence-electron chi connectivity index (χ2n) is 4.94. The van der Waals surface area contributed by atoms with Gasteiger partial charge in [0.15, 0.2) is 0 Å². The summed E-state index contributed by atoms with van der Waals surface area (Å²) in [5, 5.41) is 3.60. The van der Waals surface area contributed by atoms with Crippen molar-refractivity contribution in [3.05, 3.63) is 35.4 Å². The molecule has 2 aliphatic rings. The van der Waals surface area contributed by atoms with Crippen molar-refractivity contribution >= 4 is 5.90 Å². The van der Waals surface area contributed by atoms with E-state index in [1.807, 2.05) is 0 Å². The summed E-state index contributed by atoms with van der Waals surface area (Å²) in [4.78, 5) is 4.44. The topological polar surface area (TPSA) is 33.6 Å². The third-order valence-corrected chi connectivity index (χ3v) is 3.71. The van der Waals surface area contributed by atoms with E-state index in [2.05, 4.69) is 41.5 Å². The first-order valence-electron chi connectivity index (χ1n) is 6.32. The standard InChI is InChI=1S/C14H18N2O/c1-14(7-4-8-16-14)12-6-3-2-5-11(12)13-15-9-10-17-13/h2-3,5-6,16H,4,7-10H2,1H3. The van der Waals surface area contributed by atoms with Gasteiger partial charge < -0.3 is 10.1 Å². The van der Waals surface area contributed by atoms with E-state index in [9.17, 15) is 0 Å². The van der Waals surface area contributed by atoms with Crippen molar-refractivity contribution in [3.8, 4) is 0 Å². The Balaban J connectivity index is 2.04. The first kappa shape index (κ1) is 10.8. The van der Waals surface area contributed by atoms with Crippen LogP contribution in [0, 0.1) is 0 Å². The highest BCUT2D eigenvalue weighted by atomic mass is 16.5. The zero-order valence-electron chi connectivity index (χ0n) is 10.2. The van der Waals surface area contributed by atoms with Crippen LogP contribution in [0.2, 0.25) is 0 Å². The largest absolute Gasteiger partial charge is 0.476 e. The average Bonchev–Trinajstić information content (AvgIpc) is 3.00. The first-order chi connectivity index (χ1) is 8.30. The zero-order valence-corrected chi connectivity index (χ0v) is 10.2. The predicted octanol–water partition coefficient (Wildman–Crippen LogP) is 2.06. The molecule has 1 aromatic carbocycles. The summed E-state index contributed by atoms with van der Waals surface area (Å²) >= 11 is 0. The van der Waals surface area contributed by atoms with Crippen LogP contribution in [0.5, 0.6) is 0 Å². The minimum absolute atomic E-state index is 0.0745. The lowest BCUT2D eigenvalue weighted by Gasteiger charge is -2.27. The van der Waals surface area contributed by atoms with Gasteiger partial charge in [-0.25, -0.2) is 4.99 Å². The van der Waals surface area contributed by atoms with E-state index < -0.39 is 0 Å². The van der Waals surface area contributed by atoms with Gasteiger partial charge in [0.2, 0.25) is 5.90 Å². The van der Waals surface area contributed by atoms with Gasteiger partial charge in [0.05, 0.1) is 6.54 Å². The molecule has 1 N–H and O–H groups in total.